The number of hydrogen-bond acceptors (Lipinski definition) is 3. The molecule has 0 spiro atoms. The minimum atomic E-state index is -0.420. The van der Waals surface area contributed by atoms with Crippen molar-refractivity contribution in [3.63, 3.8) is 0 Å². The van der Waals surface area contributed by atoms with Crippen molar-refractivity contribution >= 4 is 5.78 Å². The van der Waals surface area contributed by atoms with Gasteiger partial charge in [0.25, 0.3) is 0 Å². The van der Waals surface area contributed by atoms with Crippen molar-refractivity contribution in [2.75, 3.05) is 13.1 Å². The van der Waals surface area contributed by atoms with Gasteiger partial charge in [-0.2, -0.15) is 0 Å². The van der Waals surface area contributed by atoms with Gasteiger partial charge in [0.15, 0.2) is 5.78 Å². The monoisotopic (exact) mass is 228 g/mol. The van der Waals surface area contributed by atoms with E-state index in [2.05, 4.69) is 24.5 Å². The van der Waals surface area contributed by atoms with Crippen molar-refractivity contribution in [3.05, 3.63) is 0 Å². The third kappa shape index (κ3) is 6.96. The van der Waals surface area contributed by atoms with Crippen LogP contribution >= 0.6 is 0 Å². The van der Waals surface area contributed by atoms with E-state index in [1.165, 1.54) is 0 Å². The topological polar surface area (TPSA) is 41.1 Å². The summed E-state index contributed by atoms with van der Waals surface area (Å²) in [6.45, 7) is 13.7. The van der Waals surface area contributed by atoms with Crippen LogP contribution in [-0.4, -0.2) is 30.5 Å². The highest BCUT2D eigenvalue weighted by molar-refractivity contribution is 5.89. The molecule has 0 bridgehead atoms. The van der Waals surface area contributed by atoms with E-state index >= 15 is 0 Å². The molecule has 0 aromatic rings. The zero-order chi connectivity index (χ0) is 12.8. The summed E-state index contributed by atoms with van der Waals surface area (Å²) < 4.78 is 0. The summed E-state index contributed by atoms with van der Waals surface area (Å²) in [5.74, 6) is 0.900. The fourth-order valence-corrected chi connectivity index (χ4v) is 1.29. The first-order chi connectivity index (χ1) is 7.25. The Hall–Kier alpha value is -0.410. The van der Waals surface area contributed by atoms with Crippen LogP contribution in [0.25, 0.3) is 0 Å². The van der Waals surface area contributed by atoms with Crippen LogP contribution in [0.1, 0.15) is 48.0 Å². The van der Waals surface area contributed by atoms with Gasteiger partial charge in [0.2, 0.25) is 0 Å². The predicted molar refractivity (Wildman–Crippen MR) is 69.7 cm³/mol. The molecule has 3 heteroatoms. The summed E-state index contributed by atoms with van der Waals surface area (Å²) in [6, 6.07) is 0.357. The fourth-order valence-electron chi connectivity index (χ4n) is 1.29. The molecule has 0 atom stereocenters. The average Bonchev–Trinajstić information content (AvgIpc) is 2.12. The summed E-state index contributed by atoms with van der Waals surface area (Å²) in [7, 11) is 0. The molecule has 96 valence electrons. The zero-order valence-electron chi connectivity index (χ0n) is 11.7. The van der Waals surface area contributed by atoms with E-state index in [4.69, 9.17) is 0 Å². The molecule has 0 saturated carbocycles. The third-order valence-corrected chi connectivity index (χ3v) is 2.66. The lowest BCUT2D eigenvalue weighted by molar-refractivity contribution is -0.123. The van der Waals surface area contributed by atoms with E-state index in [0.29, 0.717) is 18.5 Å². The van der Waals surface area contributed by atoms with Crippen LogP contribution in [0.15, 0.2) is 0 Å². The van der Waals surface area contributed by atoms with Gasteiger partial charge >= 0.3 is 0 Å². The van der Waals surface area contributed by atoms with Crippen molar-refractivity contribution in [1.82, 2.24) is 10.6 Å². The first kappa shape index (κ1) is 15.6. The predicted octanol–water partition coefficient (Wildman–Crippen LogP) is 1.97. The van der Waals surface area contributed by atoms with E-state index in [0.717, 1.165) is 13.0 Å². The van der Waals surface area contributed by atoms with E-state index in [9.17, 15) is 4.79 Å². The molecular formula is C13H28N2O. The van der Waals surface area contributed by atoms with Gasteiger partial charge < -0.3 is 10.6 Å². The molecular weight excluding hydrogens is 200 g/mol. The second kappa shape index (κ2) is 7.02. The molecule has 0 amide bonds. The van der Waals surface area contributed by atoms with Gasteiger partial charge in [-0.05, 0) is 32.7 Å². The lowest BCUT2D eigenvalue weighted by Gasteiger charge is -2.26. The van der Waals surface area contributed by atoms with Gasteiger partial charge in [-0.1, -0.05) is 27.7 Å². The molecule has 0 fully saturated rings. The summed E-state index contributed by atoms with van der Waals surface area (Å²) in [5.41, 5.74) is -0.420. The van der Waals surface area contributed by atoms with Crippen LogP contribution in [-0.2, 0) is 4.79 Å². The summed E-state index contributed by atoms with van der Waals surface area (Å²) in [6.07, 6.45) is 1.11. The summed E-state index contributed by atoms with van der Waals surface area (Å²) in [4.78, 5) is 11.9. The Balaban J connectivity index is 3.95. The van der Waals surface area contributed by atoms with E-state index in [-0.39, 0.29) is 5.78 Å². The Morgan fingerprint density at radius 3 is 2.19 bits per heavy atom. The highest BCUT2D eigenvalue weighted by Crippen LogP contribution is 2.05. The lowest BCUT2D eigenvalue weighted by atomic mass is 9.98. The maximum Gasteiger partial charge on any atom is 0.165 e. The Morgan fingerprint density at radius 1 is 1.19 bits per heavy atom. The van der Waals surface area contributed by atoms with Crippen molar-refractivity contribution in [3.8, 4) is 0 Å². The maximum absolute atomic E-state index is 11.9. The third-order valence-electron chi connectivity index (χ3n) is 2.66. The van der Waals surface area contributed by atoms with Crippen LogP contribution in [0.4, 0.5) is 0 Å². The van der Waals surface area contributed by atoms with Gasteiger partial charge in [-0.3, -0.25) is 4.79 Å². The Kier molecular flexibility index (Phi) is 6.84. The fraction of sp³-hybridized carbons (Fsp3) is 0.923. The molecule has 0 aromatic heterocycles. The van der Waals surface area contributed by atoms with Crippen molar-refractivity contribution in [2.45, 2.75) is 59.5 Å². The SMILES string of the molecule is CC(C)CCNC(C)(C)C(=O)CNC(C)C. The first-order valence-electron chi connectivity index (χ1n) is 6.27. The number of rotatable bonds is 8. The largest absolute Gasteiger partial charge is 0.308 e. The van der Waals surface area contributed by atoms with Crippen molar-refractivity contribution in [1.29, 1.82) is 0 Å². The molecule has 0 radical (unpaired) electrons. The molecule has 16 heavy (non-hydrogen) atoms. The van der Waals surface area contributed by atoms with Crippen LogP contribution in [0.5, 0.6) is 0 Å². The Labute approximate surface area is 100 Å². The minimum Gasteiger partial charge on any atom is -0.308 e. The highest BCUT2D eigenvalue weighted by Gasteiger charge is 2.25. The zero-order valence-corrected chi connectivity index (χ0v) is 11.7. The first-order valence-corrected chi connectivity index (χ1v) is 6.27. The molecule has 2 N–H and O–H groups in total. The molecule has 3 nitrogen and oxygen atoms in total. The molecule has 0 unspecified atom stereocenters. The van der Waals surface area contributed by atoms with Crippen molar-refractivity contribution in [2.24, 2.45) is 5.92 Å². The van der Waals surface area contributed by atoms with Gasteiger partial charge in [-0.15, -0.1) is 0 Å². The number of Topliss-reactive ketones (excluding diaryl/α,β-unsaturated/α-hetero) is 1. The molecule has 0 heterocycles. The number of hydrogen-bond donors (Lipinski definition) is 2. The van der Waals surface area contributed by atoms with Gasteiger partial charge in [0.05, 0.1) is 12.1 Å². The van der Waals surface area contributed by atoms with E-state index < -0.39 is 5.54 Å². The number of ketones is 1. The molecule has 0 aliphatic heterocycles. The minimum absolute atomic E-state index is 0.227. The maximum atomic E-state index is 11.9. The lowest BCUT2D eigenvalue weighted by Crippen LogP contribution is -2.51. The van der Waals surface area contributed by atoms with Gasteiger partial charge in [-0.25, -0.2) is 0 Å². The van der Waals surface area contributed by atoms with E-state index in [1.807, 2.05) is 27.7 Å². The summed E-state index contributed by atoms with van der Waals surface area (Å²) >= 11 is 0. The number of carbonyl (C=O) groups is 1. The van der Waals surface area contributed by atoms with Gasteiger partial charge in [0.1, 0.15) is 0 Å². The van der Waals surface area contributed by atoms with Crippen LogP contribution in [0.3, 0.4) is 0 Å². The Morgan fingerprint density at radius 2 is 1.75 bits per heavy atom. The van der Waals surface area contributed by atoms with Crippen LogP contribution < -0.4 is 10.6 Å². The normalized spacial score (nSPS) is 12.5. The second-order valence-electron chi connectivity index (χ2n) is 5.69. The Bertz CT molecular complexity index is 210. The molecule has 0 aliphatic rings. The van der Waals surface area contributed by atoms with Crippen LogP contribution in [0.2, 0.25) is 0 Å². The number of nitrogens with one attached hydrogen (secondary N) is 2. The van der Waals surface area contributed by atoms with Crippen molar-refractivity contribution < 1.29 is 4.79 Å². The smallest absolute Gasteiger partial charge is 0.165 e. The summed E-state index contributed by atoms with van der Waals surface area (Å²) in [5, 5.41) is 6.49. The molecule has 0 aromatic carbocycles. The molecule has 0 saturated heterocycles. The van der Waals surface area contributed by atoms with E-state index in [1.54, 1.807) is 0 Å². The number of carbonyl (C=O) groups excluding carboxylic acids is 1. The second-order valence-corrected chi connectivity index (χ2v) is 5.69. The van der Waals surface area contributed by atoms with Gasteiger partial charge in [0, 0.05) is 6.04 Å². The molecule has 0 aliphatic carbocycles. The molecule has 0 rings (SSSR count). The average molecular weight is 228 g/mol. The standard InChI is InChI=1S/C13H28N2O/c1-10(2)7-8-15-13(5,6)12(16)9-14-11(3)4/h10-11,14-15H,7-9H2,1-6H3. The van der Waals surface area contributed by atoms with Crippen LogP contribution in [0, 0.1) is 5.92 Å². The highest BCUT2D eigenvalue weighted by atomic mass is 16.1. The quantitative estimate of drug-likeness (QED) is 0.667.